The first kappa shape index (κ1) is 14.4. The van der Waals surface area contributed by atoms with Crippen molar-refractivity contribution in [2.24, 2.45) is 0 Å². The van der Waals surface area contributed by atoms with Crippen LogP contribution < -0.4 is 5.32 Å². The van der Waals surface area contributed by atoms with E-state index in [-0.39, 0.29) is 11.3 Å². The molecule has 0 bridgehead atoms. The highest BCUT2D eigenvalue weighted by Gasteiger charge is 2.21. The minimum atomic E-state index is 0.169. The van der Waals surface area contributed by atoms with Gasteiger partial charge in [0.1, 0.15) is 0 Å². The van der Waals surface area contributed by atoms with Crippen LogP contribution in [0.2, 0.25) is 0 Å². The van der Waals surface area contributed by atoms with Crippen molar-refractivity contribution in [2.45, 2.75) is 50.8 Å². The van der Waals surface area contributed by atoms with Crippen LogP contribution >= 0.6 is 11.8 Å². The highest BCUT2D eigenvalue weighted by Crippen LogP contribution is 2.19. The Morgan fingerprint density at radius 3 is 2.53 bits per heavy atom. The minimum Gasteiger partial charge on any atom is -0.343 e. The lowest BCUT2D eigenvalue weighted by molar-refractivity contribution is -0.118. The molecule has 1 heterocycles. The quantitative estimate of drug-likeness (QED) is 0.772. The molecule has 1 aromatic rings. The van der Waals surface area contributed by atoms with Gasteiger partial charge in [-0.2, -0.15) is 0 Å². The smallest absolute Gasteiger partial charge is 0.230 e. The Kier molecular flexibility index (Phi) is 5.77. The second kappa shape index (κ2) is 7.59. The van der Waals surface area contributed by atoms with Crippen LogP contribution in [0.4, 0.5) is 0 Å². The van der Waals surface area contributed by atoms with Crippen LogP contribution in [0.1, 0.15) is 43.7 Å². The maximum absolute atomic E-state index is 11.1. The van der Waals surface area contributed by atoms with E-state index < -0.39 is 0 Å². The van der Waals surface area contributed by atoms with Gasteiger partial charge in [-0.05, 0) is 24.0 Å². The van der Waals surface area contributed by atoms with E-state index in [9.17, 15) is 4.79 Å². The molecule has 2 nitrogen and oxygen atoms in total. The predicted molar refractivity (Wildman–Crippen MR) is 82.4 cm³/mol. The van der Waals surface area contributed by atoms with Crippen LogP contribution in [0.3, 0.4) is 0 Å². The number of hydrogen-bond acceptors (Lipinski definition) is 2. The zero-order chi connectivity index (χ0) is 13.5. The SMILES string of the molecule is CCCCCCc1ccc(CC2NC(=O)CS2)cc1. The van der Waals surface area contributed by atoms with Crippen molar-refractivity contribution in [1.29, 1.82) is 0 Å². The second-order valence-electron chi connectivity index (χ2n) is 5.20. The number of aryl methyl sites for hydroxylation is 1. The lowest BCUT2D eigenvalue weighted by atomic mass is 10.0. The summed E-state index contributed by atoms with van der Waals surface area (Å²) >= 11 is 1.71. The van der Waals surface area contributed by atoms with Gasteiger partial charge in [0.2, 0.25) is 5.91 Å². The van der Waals surface area contributed by atoms with Crippen molar-refractivity contribution in [1.82, 2.24) is 5.32 Å². The molecule has 0 saturated carbocycles. The van der Waals surface area contributed by atoms with E-state index in [2.05, 4.69) is 36.5 Å². The van der Waals surface area contributed by atoms with Gasteiger partial charge < -0.3 is 5.32 Å². The highest BCUT2D eigenvalue weighted by molar-refractivity contribution is 8.01. The van der Waals surface area contributed by atoms with Gasteiger partial charge in [-0.25, -0.2) is 0 Å². The molecular weight excluding hydrogens is 254 g/mol. The molecule has 0 aromatic heterocycles. The van der Waals surface area contributed by atoms with Crippen LogP contribution in [0, 0.1) is 0 Å². The molecule has 3 heteroatoms. The Labute approximate surface area is 120 Å². The van der Waals surface area contributed by atoms with Gasteiger partial charge in [-0.15, -0.1) is 11.8 Å². The number of amides is 1. The van der Waals surface area contributed by atoms with Crippen molar-refractivity contribution >= 4 is 17.7 Å². The van der Waals surface area contributed by atoms with E-state index in [1.165, 1.54) is 43.2 Å². The van der Waals surface area contributed by atoms with E-state index in [1.807, 2.05) is 0 Å². The van der Waals surface area contributed by atoms with Gasteiger partial charge in [0.15, 0.2) is 0 Å². The number of hydrogen-bond donors (Lipinski definition) is 1. The first-order valence-electron chi connectivity index (χ1n) is 7.26. The van der Waals surface area contributed by atoms with E-state index in [0.717, 1.165) is 6.42 Å². The summed E-state index contributed by atoms with van der Waals surface area (Å²) in [6.07, 6.45) is 7.40. The van der Waals surface area contributed by atoms with E-state index in [4.69, 9.17) is 0 Å². The predicted octanol–water partition coefficient (Wildman–Crippen LogP) is 3.54. The summed E-state index contributed by atoms with van der Waals surface area (Å²) in [5.41, 5.74) is 2.75. The maximum Gasteiger partial charge on any atom is 0.230 e. The van der Waals surface area contributed by atoms with Crippen molar-refractivity contribution in [3.05, 3.63) is 35.4 Å². The molecule has 1 atom stereocenters. The fourth-order valence-electron chi connectivity index (χ4n) is 2.36. The number of nitrogens with one attached hydrogen (secondary N) is 1. The third kappa shape index (κ3) is 4.90. The van der Waals surface area contributed by atoms with Gasteiger partial charge in [0.05, 0.1) is 11.1 Å². The summed E-state index contributed by atoms with van der Waals surface area (Å²) in [7, 11) is 0. The van der Waals surface area contributed by atoms with Crippen molar-refractivity contribution in [3.8, 4) is 0 Å². The van der Waals surface area contributed by atoms with Crippen molar-refractivity contribution < 1.29 is 4.79 Å². The number of thioether (sulfide) groups is 1. The third-order valence-electron chi connectivity index (χ3n) is 3.50. The molecule has 0 aliphatic carbocycles. The van der Waals surface area contributed by atoms with Gasteiger partial charge in [-0.1, -0.05) is 50.5 Å². The Hall–Kier alpha value is -0.960. The number of carbonyl (C=O) groups is 1. The van der Waals surface area contributed by atoms with Crippen molar-refractivity contribution in [3.63, 3.8) is 0 Å². The van der Waals surface area contributed by atoms with E-state index in [0.29, 0.717) is 5.75 Å². The van der Waals surface area contributed by atoms with Crippen molar-refractivity contribution in [2.75, 3.05) is 5.75 Å². The average Bonchev–Trinajstić information content (AvgIpc) is 2.82. The second-order valence-corrected chi connectivity index (χ2v) is 6.39. The van der Waals surface area contributed by atoms with Gasteiger partial charge in [0, 0.05) is 6.42 Å². The zero-order valence-electron chi connectivity index (χ0n) is 11.7. The Bertz CT molecular complexity index is 402. The lowest BCUT2D eigenvalue weighted by Crippen LogP contribution is -2.26. The van der Waals surface area contributed by atoms with Crippen LogP contribution in [0.25, 0.3) is 0 Å². The summed E-state index contributed by atoms with van der Waals surface area (Å²) in [5.74, 6) is 0.780. The zero-order valence-corrected chi connectivity index (χ0v) is 12.5. The van der Waals surface area contributed by atoms with Crippen LogP contribution in [0.15, 0.2) is 24.3 Å². The number of rotatable bonds is 7. The Morgan fingerprint density at radius 1 is 1.16 bits per heavy atom. The molecule has 19 heavy (non-hydrogen) atoms. The molecule has 1 aliphatic heterocycles. The topological polar surface area (TPSA) is 29.1 Å². The average molecular weight is 277 g/mol. The molecule has 1 saturated heterocycles. The van der Waals surface area contributed by atoms with Gasteiger partial charge in [-0.3, -0.25) is 4.79 Å². The molecule has 1 N–H and O–H groups in total. The first-order valence-corrected chi connectivity index (χ1v) is 8.31. The molecule has 1 amide bonds. The molecule has 0 spiro atoms. The van der Waals surface area contributed by atoms with E-state index in [1.54, 1.807) is 11.8 Å². The van der Waals surface area contributed by atoms with E-state index >= 15 is 0 Å². The molecule has 1 fully saturated rings. The minimum absolute atomic E-state index is 0.169. The fraction of sp³-hybridized carbons (Fsp3) is 0.562. The highest BCUT2D eigenvalue weighted by atomic mass is 32.2. The summed E-state index contributed by atoms with van der Waals surface area (Å²) in [6, 6.07) is 8.89. The molecular formula is C16H23NOS. The summed E-state index contributed by atoms with van der Waals surface area (Å²) < 4.78 is 0. The van der Waals surface area contributed by atoms with Crippen LogP contribution in [-0.4, -0.2) is 17.0 Å². The maximum atomic E-state index is 11.1. The molecule has 1 aliphatic rings. The number of unbranched alkanes of at least 4 members (excludes halogenated alkanes) is 3. The monoisotopic (exact) mass is 277 g/mol. The first-order chi connectivity index (χ1) is 9.28. The van der Waals surface area contributed by atoms with Gasteiger partial charge >= 0.3 is 0 Å². The lowest BCUT2D eigenvalue weighted by Gasteiger charge is -2.09. The number of carbonyl (C=O) groups excluding carboxylic acids is 1. The standard InChI is InChI=1S/C16H23NOS/c1-2-3-4-5-6-13-7-9-14(10-8-13)11-16-17-15(18)12-19-16/h7-10,16H,2-6,11-12H2,1H3,(H,17,18). The molecule has 0 radical (unpaired) electrons. The molecule has 104 valence electrons. The molecule has 2 rings (SSSR count). The Balaban J connectivity index is 1.76. The Morgan fingerprint density at radius 2 is 1.89 bits per heavy atom. The number of benzene rings is 1. The summed E-state index contributed by atoms with van der Waals surface area (Å²) in [6.45, 7) is 2.24. The summed E-state index contributed by atoms with van der Waals surface area (Å²) in [4.78, 5) is 11.1. The third-order valence-corrected chi connectivity index (χ3v) is 4.62. The van der Waals surface area contributed by atoms with Gasteiger partial charge in [0.25, 0.3) is 0 Å². The molecule has 1 aromatic carbocycles. The largest absolute Gasteiger partial charge is 0.343 e. The normalized spacial score (nSPS) is 18.6. The van der Waals surface area contributed by atoms with Crippen LogP contribution in [0.5, 0.6) is 0 Å². The molecule has 1 unspecified atom stereocenters. The fourth-order valence-corrected chi connectivity index (χ4v) is 3.32. The summed E-state index contributed by atoms with van der Waals surface area (Å²) in [5, 5.41) is 3.26. The van der Waals surface area contributed by atoms with Crippen LogP contribution in [-0.2, 0) is 17.6 Å².